The molecule has 0 saturated heterocycles. The van der Waals surface area contributed by atoms with E-state index in [2.05, 4.69) is 48.7 Å². The molecule has 0 aliphatic heterocycles. The van der Waals surface area contributed by atoms with Crippen molar-refractivity contribution in [1.82, 2.24) is 10.7 Å². The molecule has 2 atom stereocenters. The van der Waals surface area contributed by atoms with Crippen LogP contribution in [-0.4, -0.2) is 37.3 Å². The Labute approximate surface area is 263 Å². The van der Waals surface area contributed by atoms with Crippen LogP contribution >= 0.6 is 23.2 Å². The third-order valence-electron chi connectivity index (χ3n) is 6.70. The van der Waals surface area contributed by atoms with E-state index in [-0.39, 0.29) is 10.9 Å². The summed E-state index contributed by atoms with van der Waals surface area (Å²) >= 11 is 12.1. The van der Waals surface area contributed by atoms with Gasteiger partial charge in [0.15, 0.2) is 17.6 Å². The summed E-state index contributed by atoms with van der Waals surface area (Å²) in [6.45, 7) is 12.1. The number of aryl methyl sites for hydroxylation is 3. The van der Waals surface area contributed by atoms with E-state index in [9.17, 15) is 9.59 Å². The van der Waals surface area contributed by atoms with Crippen molar-refractivity contribution in [2.45, 2.75) is 66.7 Å². The highest BCUT2D eigenvalue weighted by Gasteiger charge is 2.25. The van der Waals surface area contributed by atoms with Crippen LogP contribution in [0.1, 0.15) is 55.0 Å². The molecule has 0 heterocycles. The van der Waals surface area contributed by atoms with E-state index in [0.29, 0.717) is 40.9 Å². The highest BCUT2D eigenvalue weighted by molar-refractivity contribution is 6.35. The number of rotatable bonds is 13. The van der Waals surface area contributed by atoms with Crippen LogP contribution in [0.2, 0.25) is 10.0 Å². The minimum absolute atomic E-state index is 0.131. The lowest BCUT2D eigenvalue weighted by molar-refractivity contribution is -0.132. The fourth-order valence-electron chi connectivity index (χ4n) is 4.53. The molecule has 2 N–H and O–H groups in total. The van der Waals surface area contributed by atoms with Gasteiger partial charge in [-0.1, -0.05) is 54.7 Å². The van der Waals surface area contributed by atoms with E-state index in [4.69, 9.17) is 37.4 Å². The number of nitrogens with zero attached hydrogens (tertiary/aromatic N) is 1. The second-order valence-corrected chi connectivity index (χ2v) is 11.7. The lowest BCUT2D eigenvalue weighted by atomic mass is 10.0. The van der Waals surface area contributed by atoms with Gasteiger partial charge in [-0.2, -0.15) is 5.10 Å². The Balaban J connectivity index is 1.62. The molecule has 3 aromatic rings. The fourth-order valence-corrected chi connectivity index (χ4v) is 4.98. The number of hydrazone groups is 1. The molecule has 0 saturated carbocycles. The molecule has 0 radical (unpaired) electrons. The summed E-state index contributed by atoms with van der Waals surface area (Å²) in [5, 5.41) is 7.60. The first-order valence-electron chi connectivity index (χ1n) is 14.0. The van der Waals surface area contributed by atoms with Crippen molar-refractivity contribution < 1.29 is 23.8 Å². The summed E-state index contributed by atoms with van der Waals surface area (Å²) < 4.78 is 17.3. The van der Waals surface area contributed by atoms with Gasteiger partial charge in [0.25, 0.3) is 11.8 Å². The van der Waals surface area contributed by atoms with Crippen LogP contribution in [0.5, 0.6) is 17.2 Å². The number of carbonyl (C=O) groups excluding carboxylic acids is 2. The number of carbonyl (C=O) groups is 2. The second-order valence-electron chi connectivity index (χ2n) is 10.8. The number of hydrogen-bond acceptors (Lipinski definition) is 6. The van der Waals surface area contributed by atoms with Crippen molar-refractivity contribution in [3.63, 3.8) is 0 Å². The number of benzene rings is 3. The van der Waals surface area contributed by atoms with E-state index >= 15 is 0 Å². The first-order valence-corrected chi connectivity index (χ1v) is 14.8. The van der Waals surface area contributed by atoms with Crippen LogP contribution in [0.15, 0.2) is 53.6 Å². The fraction of sp³-hybridized carbons (Fsp3) is 0.364. The Kier molecular flexibility index (Phi) is 12.3. The third-order valence-corrected chi connectivity index (χ3v) is 7.23. The first kappa shape index (κ1) is 33.7. The van der Waals surface area contributed by atoms with Crippen molar-refractivity contribution in [3.05, 3.63) is 86.4 Å². The zero-order valence-corrected chi connectivity index (χ0v) is 27.1. The molecule has 10 heteroatoms. The predicted octanol–water partition coefficient (Wildman–Crippen LogP) is 6.95. The molecule has 0 aromatic heterocycles. The van der Waals surface area contributed by atoms with Crippen LogP contribution in [0, 0.1) is 26.7 Å². The molecule has 0 aliphatic carbocycles. The summed E-state index contributed by atoms with van der Waals surface area (Å²) in [5.74, 6) is 0.663. The molecule has 230 valence electrons. The third kappa shape index (κ3) is 9.90. The second kappa shape index (κ2) is 15.6. The van der Waals surface area contributed by atoms with Gasteiger partial charge in [-0.15, -0.1) is 0 Å². The van der Waals surface area contributed by atoms with Gasteiger partial charge in [0, 0.05) is 5.02 Å². The molecular formula is C33H39Cl2N3O5. The standard InChI is InChI=1S/C33H39Cl2N3O5/c1-19(2)12-28(37-32(39)23(6)43-29-11-9-25(34)16-27(29)35)33(40)38-36-17-24-8-10-30(31(15-24)41-7)42-18-26-21(4)13-20(3)14-22(26)5/h8-11,13-17,19,23,28H,12,18H2,1-7H3,(H,37,39)(H,38,40)/b36-17-/t23-,28-/m0/s1. The van der Waals surface area contributed by atoms with E-state index < -0.39 is 24.0 Å². The van der Waals surface area contributed by atoms with Crippen molar-refractivity contribution in [2.24, 2.45) is 11.0 Å². The normalized spacial score (nSPS) is 12.6. The molecule has 8 nitrogen and oxygen atoms in total. The highest BCUT2D eigenvalue weighted by Crippen LogP contribution is 2.30. The van der Waals surface area contributed by atoms with Crippen LogP contribution in [0.3, 0.4) is 0 Å². The predicted molar refractivity (Wildman–Crippen MR) is 172 cm³/mol. The van der Waals surface area contributed by atoms with Crippen molar-refractivity contribution >= 4 is 41.2 Å². The van der Waals surface area contributed by atoms with Gasteiger partial charge < -0.3 is 19.5 Å². The molecule has 0 spiro atoms. The van der Waals surface area contributed by atoms with Gasteiger partial charge in [-0.3, -0.25) is 9.59 Å². The van der Waals surface area contributed by atoms with E-state index in [0.717, 1.165) is 5.56 Å². The number of halogens is 2. The summed E-state index contributed by atoms with van der Waals surface area (Å²) in [6, 6.07) is 13.6. The molecule has 0 bridgehead atoms. The maximum Gasteiger partial charge on any atom is 0.262 e. The van der Waals surface area contributed by atoms with Crippen molar-refractivity contribution in [3.8, 4) is 17.2 Å². The van der Waals surface area contributed by atoms with Gasteiger partial charge >= 0.3 is 0 Å². The number of ether oxygens (including phenoxy) is 3. The van der Waals surface area contributed by atoms with Gasteiger partial charge in [0.2, 0.25) is 0 Å². The smallest absolute Gasteiger partial charge is 0.262 e. The Morgan fingerprint density at radius 3 is 2.21 bits per heavy atom. The molecule has 3 rings (SSSR count). The molecule has 43 heavy (non-hydrogen) atoms. The van der Waals surface area contributed by atoms with Crippen molar-refractivity contribution in [2.75, 3.05) is 7.11 Å². The number of nitrogens with one attached hydrogen (secondary N) is 2. The summed E-state index contributed by atoms with van der Waals surface area (Å²) in [7, 11) is 1.57. The molecule has 0 aliphatic rings. The monoisotopic (exact) mass is 627 g/mol. The topological polar surface area (TPSA) is 98.2 Å². The first-order chi connectivity index (χ1) is 20.4. The lowest BCUT2D eigenvalue weighted by Gasteiger charge is -2.22. The summed E-state index contributed by atoms with van der Waals surface area (Å²) in [5.41, 5.74) is 7.93. The van der Waals surface area contributed by atoms with Crippen LogP contribution in [-0.2, 0) is 16.2 Å². The SMILES string of the molecule is COc1cc(/C=N\NC(=O)[C@H](CC(C)C)NC(=O)[C@H](C)Oc2ccc(Cl)cc2Cl)ccc1OCc1c(C)cc(C)cc1C. The Morgan fingerprint density at radius 2 is 1.58 bits per heavy atom. The maximum absolute atomic E-state index is 13.0. The summed E-state index contributed by atoms with van der Waals surface area (Å²) in [6.07, 6.45) is 0.999. The minimum Gasteiger partial charge on any atom is -0.493 e. The van der Waals surface area contributed by atoms with E-state index in [1.807, 2.05) is 19.9 Å². The lowest BCUT2D eigenvalue weighted by Crippen LogP contribution is -2.49. The summed E-state index contributed by atoms with van der Waals surface area (Å²) in [4.78, 5) is 25.9. The van der Waals surface area contributed by atoms with Crippen LogP contribution in [0.25, 0.3) is 0 Å². The van der Waals surface area contributed by atoms with Crippen molar-refractivity contribution in [1.29, 1.82) is 0 Å². The zero-order chi connectivity index (χ0) is 31.7. The number of amides is 2. The average Bonchev–Trinajstić information content (AvgIpc) is 2.93. The zero-order valence-electron chi connectivity index (χ0n) is 25.6. The van der Waals surface area contributed by atoms with Crippen LogP contribution < -0.4 is 25.0 Å². The largest absolute Gasteiger partial charge is 0.493 e. The molecule has 3 aromatic carbocycles. The van der Waals surface area contributed by atoms with Crippen LogP contribution in [0.4, 0.5) is 0 Å². The quantitative estimate of drug-likeness (QED) is 0.158. The minimum atomic E-state index is -0.906. The molecular weight excluding hydrogens is 589 g/mol. The number of hydrogen-bond donors (Lipinski definition) is 2. The maximum atomic E-state index is 13.0. The molecule has 0 fully saturated rings. The van der Waals surface area contributed by atoms with Gasteiger partial charge in [0.05, 0.1) is 18.3 Å². The molecule has 2 amide bonds. The van der Waals surface area contributed by atoms with Gasteiger partial charge in [-0.25, -0.2) is 5.43 Å². The Hall–Kier alpha value is -3.75. The van der Waals surface area contributed by atoms with E-state index in [1.165, 1.54) is 29.0 Å². The van der Waals surface area contributed by atoms with Gasteiger partial charge in [0.1, 0.15) is 18.4 Å². The highest BCUT2D eigenvalue weighted by atomic mass is 35.5. The number of methoxy groups -OCH3 is 1. The molecule has 0 unspecified atom stereocenters. The Bertz CT molecular complexity index is 1450. The Morgan fingerprint density at radius 1 is 0.907 bits per heavy atom. The van der Waals surface area contributed by atoms with Gasteiger partial charge in [-0.05, 0) is 98.7 Å². The van der Waals surface area contributed by atoms with E-state index in [1.54, 1.807) is 38.3 Å². The average molecular weight is 629 g/mol.